The van der Waals surface area contributed by atoms with E-state index < -0.39 is 5.41 Å². The molecule has 0 heterocycles. The second kappa shape index (κ2) is 3.99. The van der Waals surface area contributed by atoms with E-state index >= 15 is 0 Å². The summed E-state index contributed by atoms with van der Waals surface area (Å²) in [6.07, 6.45) is 0. The molecule has 78 valence electrons. The molecule has 0 bridgehead atoms. The van der Waals surface area contributed by atoms with Crippen LogP contribution in [0.4, 0.5) is 4.39 Å². The lowest BCUT2D eigenvalue weighted by Gasteiger charge is -2.23. The number of rotatable bonds is 2. The van der Waals surface area contributed by atoms with Crippen molar-refractivity contribution in [3.05, 3.63) is 33.5 Å². The quantitative estimate of drug-likeness (QED) is 0.866. The molecule has 0 spiro atoms. The molecule has 0 aliphatic carbocycles. The maximum Gasteiger partial charge on any atom is 0.130 e. The molecular weight excluding hydrogens is 247 g/mol. The lowest BCUT2D eigenvalue weighted by atomic mass is 9.84. The summed E-state index contributed by atoms with van der Waals surface area (Å²) in [5, 5.41) is 9.17. The van der Waals surface area contributed by atoms with Crippen molar-refractivity contribution in [2.24, 2.45) is 0 Å². The zero-order valence-electron chi connectivity index (χ0n) is 8.56. The number of benzene rings is 1. The summed E-state index contributed by atoms with van der Waals surface area (Å²) >= 11 is 3.32. The van der Waals surface area contributed by atoms with Crippen LogP contribution in [0.2, 0.25) is 0 Å². The first-order chi connectivity index (χ1) is 6.38. The Morgan fingerprint density at radius 1 is 1.43 bits per heavy atom. The molecule has 0 saturated heterocycles. The van der Waals surface area contributed by atoms with Crippen LogP contribution in [0.5, 0.6) is 0 Å². The first-order valence-electron chi connectivity index (χ1n) is 4.45. The molecule has 3 heteroatoms. The number of hydrogen-bond acceptors (Lipinski definition) is 1. The fraction of sp³-hybridized carbons (Fsp3) is 0.455. The van der Waals surface area contributed by atoms with Gasteiger partial charge >= 0.3 is 0 Å². The zero-order valence-corrected chi connectivity index (χ0v) is 10.2. The molecule has 0 aliphatic heterocycles. The Morgan fingerprint density at radius 2 is 2.00 bits per heavy atom. The van der Waals surface area contributed by atoms with Gasteiger partial charge in [0.2, 0.25) is 0 Å². The Labute approximate surface area is 92.1 Å². The predicted octanol–water partition coefficient (Wildman–Crippen LogP) is 3.17. The number of hydrogen-bond donors (Lipinski definition) is 1. The standard InChI is InChI=1S/C11H14BrFO/c1-7-4-8(12)5-9(10(7)13)11(2,3)6-14/h4-5,14H,6H2,1-3H3. The Kier molecular flexibility index (Phi) is 3.32. The highest BCUT2D eigenvalue weighted by Crippen LogP contribution is 2.29. The Balaban J connectivity index is 3.34. The molecule has 0 aliphatic rings. The van der Waals surface area contributed by atoms with Crippen molar-refractivity contribution in [3.63, 3.8) is 0 Å². The van der Waals surface area contributed by atoms with E-state index in [9.17, 15) is 9.50 Å². The summed E-state index contributed by atoms with van der Waals surface area (Å²) in [6, 6.07) is 3.45. The smallest absolute Gasteiger partial charge is 0.130 e. The van der Waals surface area contributed by atoms with E-state index in [0.717, 1.165) is 4.47 Å². The maximum absolute atomic E-state index is 13.7. The molecule has 1 aromatic rings. The summed E-state index contributed by atoms with van der Waals surface area (Å²) in [5.74, 6) is -0.229. The lowest BCUT2D eigenvalue weighted by Crippen LogP contribution is -2.24. The van der Waals surface area contributed by atoms with Gasteiger partial charge in [-0.25, -0.2) is 4.39 Å². The van der Waals surface area contributed by atoms with Gasteiger partial charge in [-0.2, -0.15) is 0 Å². The summed E-state index contributed by atoms with van der Waals surface area (Å²) in [6.45, 7) is 5.28. The Hall–Kier alpha value is -0.410. The molecular formula is C11H14BrFO. The Morgan fingerprint density at radius 3 is 2.50 bits per heavy atom. The molecule has 1 N–H and O–H groups in total. The third-order valence-corrected chi connectivity index (χ3v) is 2.80. The average Bonchev–Trinajstić information content (AvgIpc) is 2.11. The van der Waals surface area contributed by atoms with E-state index in [2.05, 4.69) is 15.9 Å². The lowest BCUT2D eigenvalue weighted by molar-refractivity contribution is 0.215. The van der Waals surface area contributed by atoms with Gasteiger partial charge in [-0.1, -0.05) is 29.8 Å². The van der Waals surface area contributed by atoms with E-state index in [1.54, 1.807) is 19.1 Å². The van der Waals surface area contributed by atoms with Crippen molar-refractivity contribution in [1.82, 2.24) is 0 Å². The molecule has 0 aromatic heterocycles. The average molecular weight is 261 g/mol. The van der Waals surface area contributed by atoms with Gasteiger partial charge in [-0.3, -0.25) is 0 Å². The van der Waals surface area contributed by atoms with E-state index in [-0.39, 0.29) is 12.4 Å². The number of aliphatic hydroxyl groups is 1. The van der Waals surface area contributed by atoms with Gasteiger partial charge in [0.15, 0.2) is 0 Å². The number of halogens is 2. The third kappa shape index (κ3) is 2.15. The molecule has 1 rings (SSSR count). The van der Waals surface area contributed by atoms with Crippen LogP contribution in [0.25, 0.3) is 0 Å². The SMILES string of the molecule is Cc1cc(Br)cc(C(C)(C)CO)c1F. The van der Waals surface area contributed by atoms with Crippen LogP contribution < -0.4 is 0 Å². The highest BCUT2D eigenvalue weighted by atomic mass is 79.9. The van der Waals surface area contributed by atoms with Gasteiger partial charge in [0, 0.05) is 9.89 Å². The van der Waals surface area contributed by atoms with E-state index in [4.69, 9.17) is 0 Å². The van der Waals surface area contributed by atoms with Gasteiger partial charge in [0.1, 0.15) is 5.82 Å². The van der Waals surface area contributed by atoms with Crippen LogP contribution in [0.1, 0.15) is 25.0 Å². The van der Waals surface area contributed by atoms with E-state index in [1.807, 2.05) is 13.8 Å². The summed E-state index contributed by atoms with van der Waals surface area (Å²) in [5.41, 5.74) is 0.598. The molecule has 1 aromatic carbocycles. The monoisotopic (exact) mass is 260 g/mol. The molecule has 0 atom stereocenters. The van der Waals surface area contributed by atoms with Gasteiger partial charge < -0.3 is 5.11 Å². The largest absolute Gasteiger partial charge is 0.395 e. The summed E-state index contributed by atoms with van der Waals surface area (Å²) in [7, 11) is 0. The topological polar surface area (TPSA) is 20.2 Å². The molecule has 0 unspecified atom stereocenters. The fourth-order valence-electron chi connectivity index (χ4n) is 1.30. The predicted molar refractivity (Wildman–Crippen MR) is 58.9 cm³/mol. The van der Waals surface area contributed by atoms with Crippen LogP contribution in [0.3, 0.4) is 0 Å². The van der Waals surface area contributed by atoms with Gasteiger partial charge in [0.25, 0.3) is 0 Å². The first kappa shape index (κ1) is 11.7. The highest BCUT2D eigenvalue weighted by molar-refractivity contribution is 9.10. The van der Waals surface area contributed by atoms with E-state index in [0.29, 0.717) is 11.1 Å². The number of aliphatic hydroxyl groups excluding tert-OH is 1. The van der Waals surface area contributed by atoms with Crippen molar-refractivity contribution in [1.29, 1.82) is 0 Å². The molecule has 0 saturated carbocycles. The van der Waals surface area contributed by atoms with Gasteiger partial charge in [0.05, 0.1) is 6.61 Å². The molecule has 14 heavy (non-hydrogen) atoms. The molecule has 1 nitrogen and oxygen atoms in total. The second-order valence-corrected chi connectivity index (χ2v) is 5.04. The molecule has 0 amide bonds. The summed E-state index contributed by atoms with van der Waals surface area (Å²) < 4.78 is 14.6. The second-order valence-electron chi connectivity index (χ2n) is 4.13. The highest BCUT2D eigenvalue weighted by Gasteiger charge is 2.24. The fourth-order valence-corrected chi connectivity index (χ4v) is 1.88. The first-order valence-corrected chi connectivity index (χ1v) is 5.25. The minimum Gasteiger partial charge on any atom is -0.395 e. The third-order valence-electron chi connectivity index (χ3n) is 2.34. The van der Waals surface area contributed by atoms with Crippen LogP contribution >= 0.6 is 15.9 Å². The van der Waals surface area contributed by atoms with Crippen LogP contribution in [-0.2, 0) is 5.41 Å². The molecule has 0 fully saturated rings. The van der Waals surface area contributed by atoms with Crippen molar-refractivity contribution in [3.8, 4) is 0 Å². The van der Waals surface area contributed by atoms with Gasteiger partial charge in [-0.05, 0) is 30.2 Å². The molecule has 0 radical (unpaired) electrons. The van der Waals surface area contributed by atoms with E-state index in [1.165, 1.54) is 0 Å². The van der Waals surface area contributed by atoms with Crippen molar-refractivity contribution >= 4 is 15.9 Å². The van der Waals surface area contributed by atoms with Crippen molar-refractivity contribution in [2.45, 2.75) is 26.2 Å². The van der Waals surface area contributed by atoms with Crippen molar-refractivity contribution in [2.75, 3.05) is 6.61 Å². The van der Waals surface area contributed by atoms with Crippen molar-refractivity contribution < 1.29 is 9.50 Å². The van der Waals surface area contributed by atoms with Gasteiger partial charge in [-0.15, -0.1) is 0 Å². The summed E-state index contributed by atoms with van der Waals surface area (Å²) in [4.78, 5) is 0. The number of aryl methyl sites for hydroxylation is 1. The maximum atomic E-state index is 13.7. The van der Waals surface area contributed by atoms with Crippen LogP contribution in [0.15, 0.2) is 16.6 Å². The Bertz CT molecular complexity index is 347. The zero-order chi connectivity index (χ0) is 10.9. The normalized spacial score (nSPS) is 11.9. The minimum atomic E-state index is -0.543. The van der Waals surface area contributed by atoms with Crippen LogP contribution in [0, 0.1) is 12.7 Å². The minimum absolute atomic E-state index is 0.0696. The van der Waals surface area contributed by atoms with Crippen LogP contribution in [-0.4, -0.2) is 11.7 Å².